The Morgan fingerprint density at radius 2 is 1.97 bits per heavy atom. The van der Waals surface area contributed by atoms with E-state index >= 15 is 0 Å². The molecule has 166 valence electrons. The number of carboxylic acid groups (broad SMARTS) is 1. The minimum absolute atomic E-state index is 0.125. The number of benzene rings is 2. The molecule has 1 aliphatic rings. The SMILES string of the molecule is COc1cc(C)c2c(ccn2C(=O)O)c1CN1CC(OC)CCC1c1ccc(C#N)cc1. The second-order valence-corrected chi connectivity index (χ2v) is 8.22. The molecule has 0 radical (unpaired) electrons. The van der Waals surface area contributed by atoms with E-state index in [1.165, 1.54) is 4.57 Å². The molecule has 0 spiro atoms. The van der Waals surface area contributed by atoms with Crippen molar-refractivity contribution >= 4 is 17.0 Å². The average molecular weight is 434 g/mol. The smallest absolute Gasteiger partial charge is 0.416 e. The molecular formula is C25H27N3O4. The van der Waals surface area contributed by atoms with Crippen LogP contribution in [0.4, 0.5) is 4.79 Å². The highest BCUT2D eigenvalue weighted by atomic mass is 16.5. The van der Waals surface area contributed by atoms with Crippen molar-refractivity contribution in [1.82, 2.24) is 9.47 Å². The molecule has 1 saturated heterocycles. The predicted octanol–water partition coefficient (Wildman–Crippen LogP) is 4.71. The normalized spacial score (nSPS) is 19.1. The molecule has 2 aromatic carbocycles. The molecule has 0 bridgehead atoms. The Bertz CT molecular complexity index is 1180. The Balaban J connectivity index is 1.77. The Kier molecular flexibility index (Phi) is 6.17. The second kappa shape index (κ2) is 9.03. The van der Waals surface area contributed by atoms with Crippen LogP contribution in [-0.4, -0.2) is 47.5 Å². The molecule has 2 atom stereocenters. The maximum atomic E-state index is 11.7. The summed E-state index contributed by atoms with van der Waals surface area (Å²) in [5.41, 5.74) is 4.30. The van der Waals surface area contributed by atoms with Crippen LogP contribution in [0.5, 0.6) is 5.75 Å². The number of likely N-dealkylation sites (tertiary alicyclic amines) is 1. The van der Waals surface area contributed by atoms with Gasteiger partial charge in [-0.2, -0.15) is 5.26 Å². The number of hydrogen-bond donors (Lipinski definition) is 1. The van der Waals surface area contributed by atoms with Crippen LogP contribution in [0.15, 0.2) is 42.6 Å². The number of methoxy groups -OCH3 is 2. The summed E-state index contributed by atoms with van der Waals surface area (Å²) in [6, 6.07) is 13.8. The molecule has 2 unspecified atom stereocenters. The third kappa shape index (κ3) is 3.95. The molecule has 32 heavy (non-hydrogen) atoms. The van der Waals surface area contributed by atoms with E-state index in [4.69, 9.17) is 14.7 Å². The molecule has 7 heteroatoms. The van der Waals surface area contributed by atoms with Gasteiger partial charge in [-0.1, -0.05) is 12.1 Å². The topological polar surface area (TPSA) is 87.7 Å². The molecule has 1 fully saturated rings. The van der Waals surface area contributed by atoms with Gasteiger partial charge in [-0.15, -0.1) is 0 Å². The molecule has 0 amide bonds. The zero-order chi connectivity index (χ0) is 22.8. The molecular weight excluding hydrogens is 406 g/mol. The summed E-state index contributed by atoms with van der Waals surface area (Å²) in [4.78, 5) is 14.1. The number of aryl methyl sites for hydroxylation is 1. The van der Waals surface area contributed by atoms with Gasteiger partial charge < -0.3 is 14.6 Å². The average Bonchev–Trinajstić information content (AvgIpc) is 3.27. The Labute approximate surface area is 187 Å². The Morgan fingerprint density at radius 1 is 1.22 bits per heavy atom. The largest absolute Gasteiger partial charge is 0.496 e. The lowest BCUT2D eigenvalue weighted by Gasteiger charge is -2.40. The third-order valence-electron chi connectivity index (χ3n) is 6.42. The highest BCUT2D eigenvalue weighted by Crippen LogP contribution is 2.38. The van der Waals surface area contributed by atoms with Gasteiger partial charge in [-0.25, -0.2) is 4.79 Å². The minimum atomic E-state index is -1.01. The van der Waals surface area contributed by atoms with Crippen molar-refractivity contribution in [2.24, 2.45) is 0 Å². The third-order valence-corrected chi connectivity index (χ3v) is 6.42. The van der Waals surface area contributed by atoms with Crippen molar-refractivity contribution in [3.05, 3.63) is 64.8 Å². The molecule has 2 heterocycles. The van der Waals surface area contributed by atoms with Crippen molar-refractivity contribution in [2.75, 3.05) is 20.8 Å². The van der Waals surface area contributed by atoms with E-state index in [0.29, 0.717) is 17.6 Å². The van der Waals surface area contributed by atoms with E-state index in [0.717, 1.165) is 47.2 Å². The fourth-order valence-corrected chi connectivity index (χ4v) is 4.80. The molecule has 7 nitrogen and oxygen atoms in total. The van der Waals surface area contributed by atoms with Crippen LogP contribution in [0, 0.1) is 18.3 Å². The number of nitriles is 1. The lowest BCUT2D eigenvalue weighted by atomic mass is 9.92. The van der Waals surface area contributed by atoms with E-state index in [9.17, 15) is 9.90 Å². The fraction of sp³-hybridized carbons (Fsp3) is 0.360. The number of ether oxygens (including phenoxy) is 2. The lowest BCUT2D eigenvalue weighted by molar-refractivity contribution is 0.000819. The van der Waals surface area contributed by atoms with Crippen molar-refractivity contribution in [3.63, 3.8) is 0 Å². The van der Waals surface area contributed by atoms with Crippen molar-refractivity contribution in [3.8, 4) is 11.8 Å². The lowest BCUT2D eigenvalue weighted by Crippen LogP contribution is -2.41. The highest BCUT2D eigenvalue weighted by molar-refractivity contribution is 5.94. The maximum absolute atomic E-state index is 11.7. The van der Waals surface area contributed by atoms with Crippen LogP contribution in [0.1, 0.15) is 41.1 Å². The number of rotatable bonds is 5. The summed E-state index contributed by atoms with van der Waals surface area (Å²) in [6.07, 6.45) is 2.59. The number of hydrogen-bond acceptors (Lipinski definition) is 5. The summed E-state index contributed by atoms with van der Waals surface area (Å²) >= 11 is 0. The number of nitrogens with zero attached hydrogens (tertiary/aromatic N) is 3. The first-order valence-electron chi connectivity index (χ1n) is 10.6. The zero-order valence-corrected chi connectivity index (χ0v) is 18.5. The number of carbonyl (C=O) groups is 1. The van der Waals surface area contributed by atoms with Crippen LogP contribution in [0.25, 0.3) is 10.9 Å². The van der Waals surface area contributed by atoms with Crippen LogP contribution in [0.3, 0.4) is 0 Å². The number of fused-ring (bicyclic) bond motifs is 1. The van der Waals surface area contributed by atoms with E-state index in [-0.39, 0.29) is 12.1 Å². The van der Waals surface area contributed by atoms with Gasteiger partial charge >= 0.3 is 6.09 Å². The van der Waals surface area contributed by atoms with Gasteiger partial charge in [0.1, 0.15) is 5.75 Å². The van der Waals surface area contributed by atoms with Gasteiger partial charge in [0.2, 0.25) is 0 Å². The summed E-state index contributed by atoms with van der Waals surface area (Å²) in [5.74, 6) is 0.747. The number of piperidine rings is 1. The Morgan fingerprint density at radius 3 is 2.59 bits per heavy atom. The van der Waals surface area contributed by atoms with Gasteiger partial charge in [-0.3, -0.25) is 9.47 Å². The van der Waals surface area contributed by atoms with Gasteiger partial charge in [0, 0.05) is 43.4 Å². The molecule has 1 N–H and O–H groups in total. The molecule has 3 aromatic rings. The molecule has 4 rings (SSSR count). The van der Waals surface area contributed by atoms with Crippen LogP contribution in [-0.2, 0) is 11.3 Å². The fourth-order valence-electron chi connectivity index (χ4n) is 4.80. The predicted molar refractivity (Wildman–Crippen MR) is 121 cm³/mol. The minimum Gasteiger partial charge on any atom is -0.496 e. The van der Waals surface area contributed by atoms with E-state index < -0.39 is 6.09 Å². The van der Waals surface area contributed by atoms with E-state index in [2.05, 4.69) is 11.0 Å². The molecule has 1 aliphatic heterocycles. The van der Waals surface area contributed by atoms with Crippen LogP contribution >= 0.6 is 0 Å². The summed E-state index contributed by atoms with van der Waals surface area (Å²) in [5, 5.41) is 19.6. The van der Waals surface area contributed by atoms with Crippen LogP contribution in [0.2, 0.25) is 0 Å². The standard InChI is InChI=1S/C25H27N3O4/c1-16-12-23(32-3)21(20-10-11-28(24(16)20)25(29)30)15-27-14-19(31-2)8-9-22(27)18-6-4-17(13-26)5-7-18/h4-7,10-12,19,22H,8-9,14-15H2,1-3H3,(H,29,30). The van der Waals surface area contributed by atoms with Crippen molar-refractivity contribution in [1.29, 1.82) is 5.26 Å². The molecule has 0 aliphatic carbocycles. The summed E-state index contributed by atoms with van der Waals surface area (Å²) in [7, 11) is 3.38. The van der Waals surface area contributed by atoms with Crippen LogP contribution < -0.4 is 4.74 Å². The highest BCUT2D eigenvalue weighted by Gasteiger charge is 2.31. The monoisotopic (exact) mass is 433 g/mol. The maximum Gasteiger partial charge on any atom is 0.416 e. The second-order valence-electron chi connectivity index (χ2n) is 8.22. The van der Waals surface area contributed by atoms with E-state index in [1.807, 2.05) is 43.3 Å². The summed E-state index contributed by atoms with van der Waals surface area (Å²) in [6.45, 7) is 3.24. The summed E-state index contributed by atoms with van der Waals surface area (Å²) < 4.78 is 12.7. The Hall–Kier alpha value is -3.34. The van der Waals surface area contributed by atoms with Gasteiger partial charge in [-0.05, 0) is 55.2 Å². The van der Waals surface area contributed by atoms with Gasteiger partial charge in [0.25, 0.3) is 0 Å². The number of aromatic nitrogens is 1. The quantitative estimate of drug-likeness (QED) is 0.627. The first kappa shape index (κ1) is 21.9. The van der Waals surface area contributed by atoms with Gasteiger partial charge in [0.15, 0.2) is 0 Å². The molecule has 0 saturated carbocycles. The first-order valence-corrected chi connectivity index (χ1v) is 10.6. The van der Waals surface area contributed by atoms with E-state index in [1.54, 1.807) is 20.4 Å². The van der Waals surface area contributed by atoms with Crippen molar-refractivity contribution in [2.45, 2.75) is 38.5 Å². The molecule has 1 aromatic heterocycles. The van der Waals surface area contributed by atoms with Gasteiger partial charge in [0.05, 0.1) is 30.4 Å². The van der Waals surface area contributed by atoms with Crippen molar-refractivity contribution < 1.29 is 19.4 Å². The zero-order valence-electron chi connectivity index (χ0n) is 18.5. The first-order chi connectivity index (χ1) is 15.5.